The smallest absolute Gasteiger partial charge is 0.132 e. The molecule has 0 unspecified atom stereocenters. The number of halogens is 1. The lowest BCUT2D eigenvalue weighted by Gasteiger charge is -2.17. The molecule has 0 heterocycles. The highest BCUT2D eigenvalue weighted by Gasteiger charge is 2.19. The molecule has 2 nitrogen and oxygen atoms in total. The molecule has 0 aromatic heterocycles. The summed E-state index contributed by atoms with van der Waals surface area (Å²) in [5.74, 6) is 0.0134. The van der Waals surface area contributed by atoms with Crippen LogP contribution in [-0.2, 0) is 4.79 Å². The first-order valence-electron chi connectivity index (χ1n) is 2.76. The number of carbonyl (C=O) groups excluding carboxylic acids is 1. The zero-order valence-corrected chi connectivity index (χ0v) is 7.23. The summed E-state index contributed by atoms with van der Waals surface area (Å²) in [6, 6.07) is 0. The van der Waals surface area contributed by atoms with E-state index in [-0.39, 0.29) is 12.2 Å². The predicted molar refractivity (Wildman–Crippen MR) is 39.7 cm³/mol. The topological polar surface area (TPSA) is 37.3 Å². The van der Waals surface area contributed by atoms with Crippen LogP contribution in [0.15, 0.2) is 0 Å². The molecule has 1 atom stereocenters. The number of rotatable bonds is 3. The lowest BCUT2D eigenvalue weighted by molar-refractivity contribution is -0.120. The molecule has 0 spiro atoms. The number of carbonyl (C=O) groups is 1. The molecule has 3 heteroatoms. The van der Waals surface area contributed by atoms with Crippen LogP contribution >= 0.6 is 15.9 Å². The summed E-state index contributed by atoms with van der Waals surface area (Å²) >= 11 is 3.10. The second-order valence-corrected chi connectivity index (χ2v) is 3.07. The molecule has 1 N–H and O–H groups in total. The van der Waals surface area contributed by atoms with E-state index in [1.807, 2.05) is 0 Å². The highest BCUT2D eigenvalue weighted by Crippen LogP contribution is 2.11. The van der Waals surface area contributed by atoms with Crippen molar-refractivity contribution in [2.45, 2.75) is 25.9 Å². The number of ketones is 1. The summed E-state index contributed by atoms with van der Waals surface area (Å²) in [6.45, 7) is 3.10. The van der Waals surface area contributed by atoms with E-state index < -0.39 is 5.60 Å². The highest BCUT2D eigenvalue weighted by atomic mass is 79.9. The summed E-state index contributed by atoms with van der Waals surface area (Å²) < 4.78 is 0. The number of hydrogen-bond acceptors (Lipinski definition) is 2. The van der Waals surface area contributed by atoms with Gasteiger partial charge in [0.15, 0.2) is 0 Å². The first-order valence-corrected chi connectivity index (χ1v) is 3.88. The predicted octanol–water partition coefficient (Wildman–Crippen LogP) is 1.11. The van der Waals surface area contributed by atoms with Gasteiger partial charge in [-0.05, 0) is 13.8 Å². The Kier molecular flexibility index (Phi) is 3.36. The summed E-state index contributed by atoms with van der Waals surface area (Å²) in [5.41, 5.74) is -0.869. The molecule has 0 saturated carbocycles. The van der Waals surface area contributed by atoms with E-state index in [4.69, 9.17) is 0 Å². The molecule has 0 aliphatic heterocycles. The van der Waals surface area contributed by atoms with Gasteiger partial charge in [0.05, 0.1) is 5.60 Å². The van der Waals surface area contributed by atoms with Crippen molar-refractivity contribution < 1.29 is 9.90 Å². The van der Waals surface area contributed by atoms with Crippen LogP contribution < -0.4 is 0 Å². The minimum Gasteiger partial charge on any atom is -0.389 e. The molecule has 0 saturated heterocycles. The summed E-state index contributed by atoms with van der Waals surface area (Å²) in [4.78, 5) is 10.4. The van der Waals surface area contributed by atoms with Gasteiger partial charge < -0.3 is 5.11 Å². The average molecular weight is 195 g/mol. The standard InChI is InChI=1S/C6H11BrO2/c1-5(8)3-6(2,9)4-7/h9H,3-4H2,1-2H3/t6-/m0/s1. The van der Waals surface area contributed by atoms with Gasteiger partial charge in [-0.15, -0.1) is 0 Å². The number of alkyl halides is 1. The van der Waals surface area contributed by atoms with Gasteiger partial charge >= 0.3 is 0 Å². The van der Waals surface area contributed by atoms with E-state index in [2.05, 4.69) is 15.9 Å². The Labute approximate surface area is 63.4 Å². The van der Waals surface area contributed by atoms with Crippen molar-refractivity contribution in [3.05, 3.63) is 0 Å². The SMILES string of the molecule is CC(=O)C[C@](C)(O)CBr. The number of hydrogen-bond donors (Lipinski definition) is 1. The van der Waals surface area contributed by atoms with Gasteiger partial charge in [-0.25, -0.2) is 0 Å². The Balaban J connectivity index is 3.71. The quantitative estimate of drug-likeness (QED) is 0.685. The molecule has 0 rings (SSSR count). The monoisotopic (exact) mass is 194 g/mol. The van der Waals surface area contributed by atoms with Crippen LogP contribution in [0, 0.1) is 0 Å². The highest BCUT2D eigenvalue weighted by molar-refractivity contribution is 9.09. The number of Topliss-reactive ketones (excluding diaryl/α,β-unsaturated/α-hetero) is 1. The molecule has 0 radical (unpaired) electrons. The van der Waals surface area contributed by atoms with Crippen LogP contribution in [0.5, 0.6) is 0 Å². The van der Waals surface area contributed by atoms with Crippen LogP contribution in [-0.4, -0.2) is 21.8 Å². The van der Waals surface area contributed by atoms with Crippen LogP contribution in [0.4, 0.5) is 0 Å². The second kappa shape index (κ2) is 3.32. The second-order valence-electron chi connectivity index (χ2n) is 2.51. The zero-order chi connectivity index (χ0) is 7.49. The van der Waals surface area contributed by atoms with Crippen molar-refractivity contribution in [1.29, 1.82) is 0 Å². The van der Waals surface area contributed by atoms with Gasteiger partial charge in [-0.1, -0.05) is 15.9 Å². The Hall–Kier alpha value is 0.110. The van der Waals surface area contributed by atoms with E-state index in [0.29, 0.717) is 5.33 Å². The molecule has 9 heavy (non-hydrogen) atoms. The van der Waals surface area contributed by atoms with E-state index in [1.165, 1.54) is 6.92 Å². The molecule has 0 aliphatic rings. The fraction of sp³-hybridized carbons (Fsp3) is 0.833. The van der Waals surface area contributed by atoms with Gasteiger partial charge in [0.1, 0.15) is 5.78 Å². The first-order chi connectivity index (χ1) is 3.98. The Bertz CT molecular complexity index is 110. The average Bonchev–Trinajstić information content (AvgIpc) is 1.63. The zero-order valence-electron chi connectivity index (χ0n) is 5.65. The van der Waals surface area contributed by atoms with Gasteiger partial charge in [0, 0.05) is 11.8 Å². The molecule has 0 amide bonds. The van der Waals surface area contributed by atoms with E-state index in [0.717, 1.165) is 0 Å². The van der Waals surface area contributed by atoms with Crippen molar-refractivity contribution in [2.24, 2.45) is 0 Å². The van der Waals surface area contributed by atoms with Crippen molar-refractivity contribution in [3.63, 3.8) is 0 Å². The molecule has 0 fully saturated rings. The van der Waals surface area contributed by atoms with Gasteiger partial charge in [0.25, 0.3) is 0 Å². The maximum atomic E-state index is 10.4. The van der Waals surface area contributed by atoms with Crippen molar-refractivity contribution in [2.75, 3.05) is 5.33 Å². The fourth-order valence-corrected chi connectivity index (χ4v) is 0.782. The van der Waals surface area contributed by atoms with Crippen LogP contribution in [0.25, 0.3) is 0 Å². The van der Waals surface area contributed by atoms with Crippen molar-refractivity contribution in [3.8, 4) is 0 Å². The Morgan fingerprint density at radius 2 is 2.22 bits per heavy atom. The van der Waals surface area contributed by atoms with E-state index >= 15 is 0 Å². The summed E-state index contributed by atoms with van der Waals surface area (Å²) in [6.07, 6.45) is 0.220. The lowest BCUT2D eigenvalue weighted by atomic mass is 10.0. The largest absolute Gasteiger partial charge is 0.389 e. The normalized spacial score (nSPS) is 16.9. The Morgan fingerprint density at radius 3 is 2.33 bits per heavy atom. The van der Waals surface area contributed by atoms with Gasteiger partial charge in [-0.3, -0.25) is 4.79 Å². The molecule has 54 valence electrons. The van der Waals surface area contributed by atoms with Crippen molar-refractivity contribution in [1.82, 2.24) is 0 Å². The van der Waals surface area contributed by atoms with Crippen molar-refractivity contribution >= 4 is 21.7 Å². The summed E-state index contributed by atoms with van der Waals surface area (Å²) in [7, 11) is 0. The maximum Gasteiger partial charge on any atom is 0.132 e. The van der Waals surface area contributed by atoms with E-state index in [1.54, 1.807) is 6.92 Å². The summed E-state index contributed by atoms with van der Waals surface area (Å²) in [5, 5.41) is 9.67. The third-order valence-corrected chi connectivity index (χ3v) is 2.13. The van der Waals surface area contributed by atoms with Gasteiger partial charge in [0.2, 0.25) is 0 Å². The third kappa shape index (κ3) is 4.60. The Morgan fingerprint density at radius 1 is 1.78 bits per heavy atom. The lowest BCUT2D eigenvalue weighted by Crippen LogP contribution is -2.28. The molecular formula is C6H11BrO2. The number of aliphatic hydroxyl groups is 1. The fourth-order valence-electron chi connectivity index (χ4n) is 0.584. The van der Waals surface area contributed by atoms with Crippen LogP contribution in [0.1, 0.15) is 20.3 Å². The van der Waals surface area contributed by atoms with Crippen LogP contribution in [0.3, 0.4) is 0 Å². The minimum atomic E-state index is -0.869. The molecule has 0 aliphatic carbocycles. The maximum absolute atomic E-state index is 10.4. The molecule has 0 aromatic carbocycles. The molecule has 0 aromatic rings. The molecular weight excluding hydrogens is 184 g/mol. The first kappa shape index (κ1) is 9.11. The third-order valence-electron chi connectivity index (χ3n) is 0.918. The van der Waals surface area contributed by atoms with Gasteiger partial charge in [-0.2, -0.15) is 0 Å². The minimum absolute atomic E-state index is 0.0134. The molecule has 0 bridgehead atoms. The van der Waals surface area contributed by atoms with Crippen LogP contribution in [0.2, 0.25) is 0 Å². The van der Waals surface area contributed by atoms with E-state index in [9.17, 15) is 9.90 Å².